The van der Waals surface area contributed by atoms with E-state index in [2.05, 4.69) is 70.9 Å². The lowest BCUT2D eigenvalue weighted by Gasteiger charge is -2.26. The van der Waals surface area contributed by atoms with E-state index in [1.807, 2.05) is 0 Å². The van der Waals surface area contributed by atoms with Crippen molar-refractivity contribution in [3.8, 4) is 0 Å². The van der Waals surface area contributed by atoms with Crippen LogP contribution in [0.2, 0.25) is 0 Å². The Kier molecular flexibility index (Phi) is 4.34. The minimum Gasteiger partial charge on any atom is -0.370 e. The van der Waals surface area contributed by atoms with Gasteiger partial charge < -0.3 is 10.2 Å². The highest BCUT2D eigenvalue weighted by Crippen LogP contribution is 2.16. The van der Waals surface area contributed by atoms with Crippen LogP contribution < -0.4 is 10.2 Å². The van der Waals surface area contributed by atoms with Crippen LogP contribution in [0.4, 0.5) is 5.69 Å². The van der Waals surface area contributed by atoms with E-state index in [1.54, 1.807) is 0 Å². The van der Waals surface area contributed by atoms with Gasteiger partial charge in [-0.1, -0.05) is 48.5 Å². The second kappa shape index (κ2) is 6.58. The van der Waals surface area contributed by atoms with Gasteiger partial charge in [-0.25, -0.2) is 0 Å². The second-order valence-corrected chi connectivity index (χ2v) is 5.48. The maximum absolute atomic E-state index is 3.69. The Labute approximate surface area is 121 Å². The lowest BCUT2D eigenvalue weighted by atomic mass is 10.1. The number of hydrogen-bond acceptors (Lipinski definition) is 2. The molecule has 104 valence electrons. The van der Waals surface area contributed by atoms with Crippen LogP contribution in [-0.2, 0) is 6.42 Å². The van der Waals surface area contributed by atoms with Crippen LogP contribution in [-0.4, -0.2) is 25.7 Å². The van der Waals surface area contributed by atoms with Gasteiger partial charge in [0.1, 0.15) is 0 Å². The number of rotatable bonds is 3. The molecule has 2 aromatic rings. The smallest absolute Gasteiger partial charge is 0.0366 e. The van der Waals surface area contributed by atoms with E-state index >= 15 is 0 Å². The zero-order chi connectivity index (χ0) is 13.6. The molecule has 1 N–H and O–H groups in total. The summed E-state index contributed by atoms with van der Waals surface area (Å²) in [6.45, 7) is 3.34. The van der Waals surface area contributed by atoms with Crippen molar-refractivity contribution < 1.29 is 0 Å². The highest BCUT2D eigenvalue weighted by atomic mass is 15.2. The van der Waals surface area contributed by atoms with Gasteiger partial charge in [0.25, 0.3) is 0 Å². The van der Waals surface area contributed by atoms with Gasteiger partial charge in [-0.15, -0.1) is 0 Å². The summed E-state index contributed by atoms with van der Waals surface area (Å²) in [6, 6.07) is 22.1. The summed E-state index contributed by atoms with van der Waals surface area (Å²) in [7, 11) is 0. The summed E-state index contributed by atoms with van der Waals surface area (Å²) < 4.78 is 0. The van der Waals surface area contributed by atoms with E-state index in [-0.39, 0.29) is 0 Å². The first-order chi connectivity index (χ1) is 9.92. The van der Waals surface area contributed by atoms with E-state index in [0.29, 0.717) is 6.04 Å². The van der Waals surface area contributed by atoms with Gasteiger partial charge in [0, 0.05) is 24.8 Å². The third-order valence-corrected chi connectivity index (χ3v) is 3.92. The molecule has 0 saturated carbocycles. The molecule has 1 fully saturated rings. The Morgan fingerprint density at radius 2 is 1.65 bits per heavy atom. The van der Waals surface area contributed by atoms with Gasteiger partial charge in [-0.05, 0) is 37.1 Å². The van der Waals surface area contributed by atoms with Crippen LogP contribution in [0.15, 0.2) is 60.7 Å². The van der Waals surface area contributed by atoms with Crippen LogP contribution in [0.5, 0.6) is 0 Å². The molecule has 0 amide bonds. The van der Waals surface area contributed by atoms with Crippen molar-refractivity contribution in [2.75, 3.05) is 24.5 Å². The predicted molar refractivity (Wildman–Crippen MR) is 85.2 cm³/mol. The molecule has 2 nitrogen and oxygen atoms in total. The summed E-state index contributed by atoms with van der Waals surface area (Å²) >= 11 is 0. The van der Waals surface area contributed by atoms with Crippen LogP contribution >= 0.6 is 0 Å². The van der Waals surface area contributed by atoms with Crippen LogP contribution in [0, 0.1) is 0 Å². The molecule has 1 heterocycles. The molecule has 0 bridgehead atoms. The van der Waals surface area contributed by atoms with Gasteiger partial charge in [0.15, 0.2) is 0 Å². The molecule has 0 spiro atoms. The summed E-state index contributed by atoms with van der Waals surface area (Å²) in [5, 5.41) is 3.69. The van der Waals surface area contributed by atoms with Crippen molar-refractivity contribution in [2.45, 2.75) is 18.9 Å². The molecule has 3 rings (SSSR count). The molecule has 0 radical (unpaired) electrons. The maximum atomic E-state index is 3.69. The van der Waals surface area contributed by atoms with Gasteiger partial charge in [0.2, 0.25) is 0 Å². The maximum Gasteiger partial charge on any atom is 0.0366 e. The zero-order valence-electron chi connectivity index (χ0n) is 11.8. The van der Waals surface area contributed by atoms with E-state index in [9.17, 15) is 0 Å². The van der Waals surface area contributed by atoms with Crippen molar-refractivity contribution >= 4 is 5.69 Å². The fourth-order valence-corrected chi connectivity index (χ4v) is 2.91. The monoisotopic (exact) mass is 266 g/mol. The first-order valence-corrected chi connectivity index (χ1v) is 7.49. The van der Waals surface area contributed by atoms with Gasteiger partial charge in [0.05, 0.1) is 0 Å². The average molecular weight is 266 g/mol. The molecule has 20 heavy (non-hydrogen) atoms. The number of nitrogens with zero attached hydrogens (tertiary/aromatic N) is 1. The van der Waals surface area contributed by atoms with Gasteiger partial charge in [-0.2, -0.15) is 0 Å². The lowest BCUT2D eigenvalue weighted by Crippen LogP contribution is -2.39. The van der Waals surface area contributed by atoms with E-state index < -0.39 is 0 Å². The first kappa shape index (κ1) is 13.2. The van der Waals surface area contributed by atoms with Crippen LogP contribution in [0.25, 0.3) is 0 Å². The molecule has 1 unspecified atom stereocenters. The molecule has 1 aliphatic rings. The quantitative estimate of drug-likeness (QED) is 0.918. The summed E-state index contributed by atoms with van der Waals surface area (Å²) in [5.74, 6) is 0. The van der Waals surface area contributed by atoms with Crippen molar-refractivity contribution in [2.24, 2.45) is 0 Å². The number of para-hydroxylation sites is 1. The summed E-state index contributed by atoms with van der Waals surface area (Å²) in [4.78, 5) is 2.51. The number of hydrogen-bond donors (Lipinski definition) is 1. The van der Waals surface area contributed by atoms with Crippen molar-refractivity contribution in [1.82, 2.24) is 5.32 Å². The minimum atomic E-state index is 0.528. The second-order valence-electron chi connectivity index (χ2n) is 5.48. The van der Waals surface area contributed by atoms with E-state index in [1.165, 1.54) is 17.7 Å². The van der Waals surface area contributed by atoms with Crippen molar-refractivity contribution in [3.05, 3.63) is 66.2 Å². The third-order valence-electron chi connectivity index (χ3n) is 3.92. The largest absolute Gasteiger partial charge is 0.370 e. The molecule has 2 heteroatoms. The Morgan fingerprint density at radius 3 is 2.40 bits per heavy atom. The highest BCUT2D eigenvalue weighted by molar-refractivity contribution is 5.46. The van der Waals surface area contributed by atoms with Gasteiger partial charge in [-0.3, -0.25) is 0 Å². The Hall–Kier alpha value is -1.80. The Balaban J connectivity index is 1.69. The van der Waals surface area contributed by atoms with Crippen LogP contribution in [0.3, 0.4) is 0 Å². The fraction of sp³-hybridized carbons (Fsp3) is 0.333. The Bertz CT molecular complexity index is 509. The molecule has 1 saturated heterocycles. The standard InChI is InChI=1S/C18H22N2/c1-3-8-16(9-4-1)14-17-15-20(13-7-12-19-17)18-10-5-2-6-11-18/h1-6,8-11,17,19H,7,12-15H2. The molecule has 1 aliphatic heterocycles. The lowest BCUT2D eigenvalue weighted by molar-refractivity contribution is 0.540. The van der Waals surface area contributed by atoms with Crippen LogP contribution in [0.1, 0.15) is 12.0 Å². The van der Waals surface area contributed by atoms with E-state index in [4.69, 9.17) is 0 Å². The Morgan fingerprint density at radius 1 is 0.950 bits per heavy atom. The molecule has 2 aromatic carbocycles. The minimum absolute atomic E-state index is 0.528. The van der Waals surface area contributed by atoms with Gasteiger partial charge >= 0.3 is 0 Å². The highest BCUT2D eigenvalue weighted by Gasteiger charge is 2.18. The molecule has 0 aromatic heterocycles. The summed E-state index contributed by atoms with van der Waals surface area (Å²) in [5.41, 5.74) is 2.76. The topological polar surface area (TPSA) is 15.3 Å². The molecule has 1 atom stereocenters. The van der Waals surface area contributed by atoms with E-state index in [0.717, 1.165) is 26.1 Å². The summed E-state index contributed by atoms with van der Waals surface area (Å²) in [6.07, 6.45) is 2.31. The predicted octanol–water partition coefficient (Wildman–Crippen LogP) is 3.10. The number of nitrogens with one attached hydrogen (secondary N) is 1. The first-order valence-electron chi connectivity index (χ1n) is 7.49. The fourth-order valence-electron chi connectivity index (χ4n) is 2.91. The molecular formula is C18H22N2. The SMILES string of the molecule is c1ccc(CC2CN(c3ccccc3)CCCN2)cc1. The number of benzene rings is 2. The average Bonchev–Trinajstić information content (AvgIpc) is 2.75. The molecule has 0 aliphatic carbocycles. The third kappa shape index (κ3) is 3.40. The normalized spacial score (nSPS) is 19.6. The number of anilines is 1. The van der Waals surface area contributed by atoms with Crippen molar-refractivity contribution in [3.63, 3.8) is 0 Å². The van der Waals surface area contributed by atoms with Crippen molar-refractivity contribution in [1.29, 1.82) is 0 Å². The molecular weight excluding hydrogens is 244 g/mol. The zero-order valence-corrected chi connectivity index (χ0v) is 11.8.